The number of fused-ring (bicyclic) bond motifs is 6. The second kappa shape index (κ2) is 8.68. The summed E-state index contributed by atoms with van der Waals surface area (Å²) < 4.78 is 0. The zero-order chi connectivity index (χ0) is 24.1. The van der Waals surface area contributed by atoms with Gasteiger partial charge in [0.05, 0.1) is 0 Å². The minimum atomic E-state index is 0.459. The van der Waals surface area contributed by atoms with Crippen molar-refractivity contribution in [1.82, 2.24) is 0 Å². The van der Waals surface area contributed by atoms with Gasteiger partial charge in [-0.1, -0.05) is 92.2 Å². The minimum Gasteiger partial charge on any atom is -0.0887 e. The van der Waals surface area contributed by atoms with Gasteiger partial charge in [0.15, 0.2) is 0 Å². The monoisotopic (exact) mass is 454 g/mol. The summed E-state index contributed by atoms with van der Waals surface area (Å²) in [6.07, 6.45) is 5.78. The Morgan fingerprint density at radius 1 is 0.657 bits per heavy atom. The highest BCUT2D eigenvalue weighted by molar-refractivity contribution is 5.86. The Kier molecular flexibility index (Phi) is 5.49. The van der Waals surface area contributed by atoms with Crippen LogP contribution in [0, 0.1) is 0 Å². The van der Waals surface area contributed by atoms with E-state index in [2.05, 4.69) is 113 Å². The molecule has 0 nitrogen and oxygen atoms in total. The van der Waals surface area contributed by atoms with E-state index in [9.17, 15) is 0 Å². The predicted molar refractivity (Wildman–Crippen MR) is 150 cm³/mol. The van der Waals surface area contributed by atoms with Gasteiger partial charge in [-0.05, 0) is 106 Å². The number of aryl methyl sites for hydroxylation is 1. The van der Waals surface area contributed by atoms with E-state index in [4.69, 9.17) is 0 Å². The normalized spacial score (nSPS) is 17.7. The zero-order valence-corrected chi connectivity index (χ0v) is 21.4. The lowest BCUT2D eigenvalue weighted by molar-refractivity contribution is 0.810. The van der Waals surface area contributed by atoms with Gasteiger partial charge in [0.1, 0.15) is 0 Å². The Labute approximate surface area is 210 Å². The zero-order valence-electron chi connectivity index (χ0n) is 21.4. The van der Waals surface area contributed by atoms with Crippen LogP contribution in [0.4, 0.5) is 0 Å². The third-order valence-corrected chi connectivity index (χ3v) is 8.49. The Bertz CT molecular complexity index is 1470. The molecule has 0 fully saturated rings. The lowest BCUT2D eigenvalue weighted by Gasteiger charge is -2.11. The molecule has 2 unspecified atom stereocenters. The van der Waals surface area contributed by atoms with Gasteiger partial charge in [-0.15, -0.1) is 0 Å². The van der Waals surface area contributed by atoms with Crippen molar-refractivity contribution >= 4 is 0 Å². The van der Waals surface area contributed by atoms with E-state index in [1.165, 1.54) is 79.6 Å². The smallest absolute Gasteiger partial charge is 0.00733 e. The second-order valence-electron chi connectivity index (χ2n) is 10.5. The highest BCUT2D eigenvalue weighted by Gasteiger charge is 2.27. The lowest BCUT2D eigenvalue weighted by Crippen LogP contribution is -1.91. The van der Waals surface area contributed by atoms with Crippen LogP contribution in [0.15, 0.2) is 90.5 Å². The quantitative estimate of drug-likeness (QED) is 0.263. The van der Waals surface area contributed by atoms with Crippen LogP contribution >= 0.6 is 0 Å². The molecule has 35 heavy (non-hydrogen) atoms. The van der Waals surface area contributed by atoms with Crippen LogP contribution in [-0.4, -0.2) is 0 Å². The average molecular weight is 455 g/mol. The summed E-state index contributed by atoms with van der Waals surface area (Å²) >= 11 is 0. The van der Waals surface area contributed by atoms with Crippen LogP contribution < -0.4 is 0 Å². The summed E-state index contributed by atoms with van der Waals surface area (Å²) in [6, 6.07) is 30.3. The third kappa shape index (κ3) is 3.67. The van der Waals surface area contributed by atoms with Gasteiger partial charge in [-0.3, -0.25) is 0 Å². The highest BCUT2D eigenvalue weighted by Crippen LogP contribution is 2.48. The summed E-state index contributed by atoms with van der Waals surface area (Å²) in [4.78, 5) is 0. The number of allylic oxidation sites excluding steroid dienone is 2. The third-order valence-electron chi connectivity index (χ3n) is 8.49. The summed E-state index contributed by atoms with van der Waals surface area (Å²) in [6.45, 7) is 9.06. The van der Waals surface area contributed by atoms with Gasteiger partial charge in [0.25, 0.3) is 0 Å². The number of rotatable bonds is 5. The van der Waals surface area contributed by atoms with E-state index < -0.39 is 0 Å². The van der Waals surface area contributed by atoms with Gasteiger partial charge in [0.2, 0.25) is 0 Å². The molecule has 0 N–H and O–H groups in total. The molecule has 0 bridgehead atoms. The lowest BCUT2D eigenvalue weighted by atomic mass is 9.93. The minimum absolute atomic E-state index is 0.459. The van der Waals surface area contributed by atoms with Crippen LogP contribution in [0.5, 0.6) is 0 Å². The van der Waals surface area contributed by atoms with Crippen LogP contribution in [0.2, 0.25) is 0 Å². The highest BCUT2D eigenvalue weighted by atomic mass is 14.3. The largest absolute Gasteiger partial charge is 0.0887 e. The van der Waals surface area contributed by atoms with Crippen molar-refractivity contribution < 1.29 is 0 Å². The molecule has 0 aromatic heterocycles. The van der Waals surface area contributed by atoms with Crippen LogP contribution in [-0.2, 0) is 6.42 Å². The molecule has 0 saturated carbocycles. The molecule has 0 saturated heterocycles. The van der Waals surface area contributed by atoms with Crippen molar-refractivity contribution in [3.63, 3.8) is 0 Å². The number of benzene rings is 4. The van der Waals surface area contributed by atoms with E-state index in [-0.39, 0.29) is 0 Å². The van der Waals surface area contributed by atoms with E-state index in [1.807, 2.05) is 0 Å². The standard InChI is InChI=1S/C35H34/c1-5-22(2)9-8-10-25-13-16-29-24(4)31-18-15-27(21-35(31)33(29)19-25)26-14-17-30-23(3)28-11-6-7-12-32(28)34(30)20-26/h5-7,11-21,23-24H,8-10H2,1-4H3. The van der Waals surface area contributed by atoms with Crippen molar-refractivity contribution in [2.45, 2.75) is 58.8 Å². The fourth-order valence-corrected chi connectivity index (χ4v) is 6.23. The number of hydrogen-bond donors (Lipinski definition) is 0. The van der Waals surface area contributed by atoms with Crippen LogP contribution in [0.25, 0.3) is 33.4 Å². The van der Waals surface area contributed by atoms with Crippen LogP contribution in [0.1, 0.15) is 80.2 Å². The molecule has 6 rings (SSSR count). The maximum Gasteiger partial charge on any atom is 0.00733 e. The summed E-state index contributed by atoms with van der Waals surface area (Å²) in [5.74, 6) is 0.930. The van der Waals surface area contributed by atoms with E-state index in [0.29, 0.717) is 11.8 Å². The molecule has 0 amide bonds. The summed E-state index contributed by atoms with van der Waals surface area (Å²) in [7, 11) is 0. The first-order valence-electron chi connectivity index (χ1n) is 13.2. The first kappa shape index (κ1) is 22.1. The molecule has 0 heteroatoms. The molecule has 4 aromatic carbocycles. The van der Waals surface area contributed by atoms with Gasteiger partial charge >= 0.3 is 0 Å². The predicted octanol–water partition coefficient (Wildman–Crippen LogP) is 9.91. The fourth-order valence-electron chi connectivity index (χ4n) is 6.23. The van der Waals surface area contributed by atoms with Gasteiger partial charge in [0, 0.05) is 11.8 Å². The first-order valence-corrected chi connectivity index (χ1v) is 13.2. The molecule has 2 aliphatic rings. The Morgan fingerprint density at radius 3 is 1.86 bits per heavy atom. The average Bonchev–Trinajstić information content (AvgIpc) is 3.34. The van der Waals surface area contributed by atoms with Crippen molar-refractivity contribution in [2.75, 3.05) is 0 Å². The van der Waals surface area contributed by atoms with E-state index >= 15 is 0 Å². The molecular formula is C35H34. The van der Waals surface area contributed by atoms with E-state index in [1.54, 1.807) is 0 Å². The SMILES string of the molecule is CC=C(C)CCCc1ccc2c(c1)-c1cc(-c3ccc4c(c3)-c3ccccc3C4C)ccc1C2C. The Morgan fingerprint density at radius 2 is 1.20 bits per heavy atom. The Hall–Kier alpha value is -3.38. The molecular weight excluding hydrogens is 420 g/mol. The summed E-state index contributed by atoms with van der Waals surface area (Å²) in [5.41, 5.74) is 17.1. The molecule has 0 radical (unpaired) electrons. The maximum atomic E-state index is 2.47. The van der Waals surface area contributed by atoms with Gasteiger partial charge in [-0.2, -0.15) is 0 Å². The number of hydrogen-bond acceptors (Lipinski definition) is 0. The molecule has 2 aliphatic carbocycles. The maximum absolute atomic E-state index is 2.47. The van der Waals surface area contributed by atoms with E-state index in [0.717, 1.165) is 6.42 Å². The Balaban J connectivity index is 1.36. The fraction of sp³-hybridized carbons (Fsp3) is 0.257. The van der Waals surface area contributed by atoms with Crippen molar-refractivity contribution in [3.8, 4) is 33.4 Å². The molecule has 174 valence electrons. The summed E-state index contributed by atoms with van der Waals surface area (Å²) in [5, 5.41) is 0. The van der Waals surface area contributed by atoms with Crippen LogP contribution in [0.3, 0.4) is 0 Å². The first-order chi connectivity index (χ1) is 17.0. The molecule has 0 aliphatic heterocycles. The molecule has 0 heterocycles. The molecule has 0 spiro atoms. The molecule has 2 atom stereocenters. The van der Waals surface area contributed by atoms with Crippen molar-refractivity contribution in [2.24, 2.45) is 0 Å². The van der Waals surface area contributed by atoms with Crippen molar-refractivity contribution in [1.29, 1.82) is 0 Å². The van der Waals surface area contributed by atoms with Gasteiger partial charge in [-0.25, -0.2) is 0 Å². The van der Waals surface area contributed by atoms with Gasteiger partial charge < -0.3 is 0 Å². The molecule has 4 aromatic rings. The topological polar surface area (TPSA) is 0 Å². The second-order valence-corrected chi connectivity index (χ2v) is 10.5. The van der Waals surface area contributed by atoms with Crippen molar-refractivity contribution in [3.05, 3.63) is 118 Å².